The number of benzene rings is 1. The Hall–Kier alpha value is -1.84. The van der Waals surface area contributed by atoms with Crippen molar-refractivity contribution in [2.75, 3.05) is 19.7 Å². The van der Waals surface area contributed by atoms with E-state index in [0.717, 1.165) is 5.56 Å². The lowest BCUT2D eigenvalue weighted by molar-refractivity contribution is -0.132. The Morgan fingerprint density at radius 3 is 2.10 bits per heavy atom. The minimum atomic E-state index is -0.332. The maximum absolute atomic E-state index is 12.3. The molecule has 0 N–H and O–H groups in total. The van der Waals surface area contributed by atoms with Gasteiger partial charge in [0.25, 0.3) is 0 Å². The van der Waals surface area contributed by atoms with Gasteiger partial charge in [0.05, 0.1) is 18.1 Å². The molecule has 1 unspecified atom stereocenters. The highest BCUT2D eigenvalue weighted by atomic mass is 16.5. The van der Waals surface area contributed by atoms with Gasteiger partial charge in [-0.05, 0) is 45.4 Å². The summed E-state index contributed by atoms with van der Waals surface area (Å²) >= 11 is 0. The summed E-state index contributed by atoms with van der Waals surface area (Å²) in [5.74, 6) is -0.424. The molecule has 0 saturated carbocycles. The molecule has 110 valence electrons. The van der Waals surface area contributed by atoms with Gasteiger partial charge in [0.1, 0.15) is 0 Å². The first-order valence-corrected chi connectivity index (χ1v) is 7.10. The number of hydrogen-bond acceptors (Lipinski definition) is 3. The summed E-state index contributed by atoms with van der Waals surface area (Å²) in [5.41, 5.74) is 1.42. The fraction of sp³-hybridized carbons (Fsp3) is 0.500. The van der Waals surface area contributed by atoms with Gasteiger partial charge in [-0.15, -0.1) is 0 Å². The van der Waals surface area contributed by atoms with Crippen molar-refractivity contribution in [2.24, 2.45) is 0 Å². The van der Waals surface area contributed by atoms with Crippen LogP contribution in [0, 0.1) is 0 Å². The first-order chi connectivity index (χ1) is 9.54. The average molecular weight is 277 g/mol. The molecule has 1 amide bonds. The molecule has 0 saturated heterocycles. The van der Waals surface area contributed by atoms with E-state index in [1.807, 2.05) is 37.8 Å². The quantitative estimate of drug-likeness (QED) is 0.751. The zero-order chi connectivity index (χ0) is 15.1. The van der Waals surface area contributed by atoms with Crippen LogP contribution in [0.3, 0.4) is 0 Å². The third-order valence-corrected chi connectivity index (χ3v) is 3.37. The van der Waals surface area contributed by atoms with Gasteiger partial charge >= 0.3 is 5.97 Å². The molecule has 1 aromatic rings. The number of hydrogen-bond donors (Lipinski definition) is 0. The molecule has 0 radical (unpaired) electrons. The van der Waals surface area contributed by atoms with Crippen LogP contribution in [0.2, 0.25) is 0 Å². The Kier molecular flexibility index (Phi) is 6.22. The number of carbonyl (C=O) groups is 2. The molecule has 1 rings (SSSR count). The second-order valence-corrected chi connectivity index (χ2v) is 4.57. The van der Waals surface area contributed by atoms with Crippen LogP contribution in [0.1, 0.15) is 49.5 Å². The molecule has 0 fully saturated rings. The number of esters is 1. The predicted molar refractivity (Wildman–Crippen MR) is 78.7 cm³/mol. The minimum absolute atomic E-state index is 0.110. The highest BCUT2D eigenvalue weighted by Gasteiger charge is 2.20. The van der Waals surface area contributed by atoms with Crippen LogP contribution < -0.4 is 0 Å². The van der Waals surface area contributed by atoms with Crippen molar-refractivity contribution in [1.29, 1.82) is 0 Å². The number of likely N-dealkylation sites (N-methyl/N-ethyl adjacent to an activating group) is 1. The zero-order valence-electron chi connectivity index (χ0n) is 12.7. The molecule has 4 nitrogen and oxygen atoms in total. The van der Waals surface area contributed by atoms with Gasteiger partial charge in [0.2, 0.25) is 5.91 Å². The van der Waals surface area contributed by atoms with Gasteiger partial charge in [-0.3, -0.25) is 4.79 Å². The predicted octanol–water partition coefficient (Wildman–Crippen LogP) is 2.84. The van der Waals surface area contributed by atoms with Crippen LogP contribution in [-0.2, 0) is 9.53 Å². The topological polar surface area (TPSA) is 46.6 Å². The van der Waals surface area contributed by atoms with Crippen molar-refractivity contribution in [3.8, 4) is 0 Å². The summed E-state index contributed by atoms with van der Waals surface area (Å²) < 4.78 is 4.93. The van der Waals surface area contributed by atoms with E-state index in [-0.39, 0.29) is 17.8 Å². The normalized spacial score (nSPS) is 11.8. The van der Waals surface area contributed by atoms with E-state index in [9.17, 15) is 9.59 Å². The van der Waals surface area contributed by atoms with Crippen molar-refractivity contribution in [1.82, 2.24) is 4.90 Å². The lowest BCUT2D eigenvalue weighted by Crippen LogP contribution is -2.33. The van der Waals surface area contributed by atoms with Crippen LogP contribution in [-0.4, -0.2) is 36.5 Å². The zero-order valence-corrected chi connectivity index (χ0v) is 12.7. The van der Waals surface area contributed by atoms with Crippen LogP contribution >= 0.6 is 0 Å². The number of amides is 1. The Bertz CT molecular complexity index is 449. The van der Waals surface area contributed by atoms with Crippen molar-refractivity contribution in [3.05, 3.63) is 35.4 Å². The van der Waals surface area contributed by atoms with E-state index in [1.165, 1.54) is 0 Å². The summed E-state index contributed by atoms with van der Waals surface area (Å²) in [7, 11) is 0. The fourth-order valence-corrected chi connectivity index (χ4v) is 2.07. The van der Waals surface area contributed by atoms with Gasteiger partial charge in [0.15, 0.2) is 0 Å². The number of carbonyl (C=O) groups excluding carboxylic acids is 2. The Labute approximate surface area is 120 Å². The van der Waals surface area contributed by atoms with Gasteiger partial charge in [0, 0.05) is 13.1 Å². The lowest BCUT2D eigenvalue weighted by Gasteiger charge is -2.23. The number of rotatable bonds is 6. The Morgan fingerprint density at radius 1 is 1.10 bits per heavy atom. The molecule has 0 bridgehead atoms. The molecule has 0 aliphatic carbocycles. The van der Waals surface area contributed by atoms with E-state index in [0.29, 0.717) is 25.3 Å². The van der Waals surface area contributed by atoms with E-state index in [4.69, 9.17) is 4.74 Å². The summed E-state index contributed by atoms with van der Waals surface area (Å²) in [5, 5.41) is 0. The maximum Gasteiger partial charge on any atom is 0.338 e. The standard InChI is InChI=1S/C16H23NO3/c1-5-17(6-2)15(18)12(4)13-8-10-14(11-9-13)16(19)20-7-3/h8-12H,5-7H2,1-4H3. The minimum Gasteiger partial charge on any atom is -0.462 e. The van der Waals surface area contributed by atoms with Crippen LogP contribution in [0.15, 0.2) is 24.3 Å². The summed E-state index contributed by atoms with van der Waals surface area (Å²) in [6.45, 7) is 9.38. The van der Waals surface area contributed by atoms with Crippen LogP contribution in [0.4, 0.5) is 0 Å². The second kappa shape index (κ2) is 7.68. The third-order valence-electron chi connectivity index (χ3n) is 3.37. The first-order valence-electron chi connectivity index (χ1n) is 7.10. The Morgan fingerprint density at radius 2 is 1.65 bits per heavy atom. The van der Waals surface area contributed by atoms with Gasteiger partial charge < -0.3 is 9.64 Å². The third kappa shape index (κ3) is 3.83. The molecule has 0 heterocycles. The fourth-order valence-electron chi connectivity index (χ4n) is 2.07. The first kappa shape index (κ1) is 16.2. The SMILES string of the molecule is CCOC(=O)c1ccc(C(C)C(=O)N(CC)CC)cc1. The molecular weight excluding hydrogens is 254 g/mol. The van der Waals surface area contributed by atoms with Gasteiger partial charge in [-0.2, -0.15) is 0 Å². The van der Waals surface area contributed by atoms with Crippen LogP contribution in [0.25, 0.3) is 0 Å². The monoisotopic (exact) mass is 277 g/mol. The highest BCUT2D eigenvalue weighted by Crippen LogP contribution is 2.19. The van der Waals surface area contributed by atoms with E-state index >= 15 is 0 Å². The number of ether oxygens (including phenoxy) is 1. The van der Waals surface area contributed by atoms with Crippen molar-refractivity contribution < 1.29 is 14.3 Å². The molecule has 20 heavy (non-hydrogen) atoms. The van der Waals surface area contributed by atoms with Gasteiger partial charge in [-0.25, -0.2) is 4.79 Å². The Balaban J connectivity index is 2.82. The van der Waals surface area contributed by atoms with Crippen LogP contribution in [0.5, 0.6) is 0 Å². The van der Waals surface area contributed by atoms with Gasteiger partial charge in [-0.1, -0.05) is 12.1 Å². The molecule has 1 atom stereocenters. The second-order valence-electron chi connectivity index (χ2n) is 4.57. The maximum atomic E-state index is 12.3. The van der Waals surface area contributed by atoms with E-state index in [2.05, 4.69) is 0 Å². The van der Waals surface area contributed by atoms with E-state index < -0.39 is 0 Å². The van der Waals surface area contributed by atoms with E-state index in [1.54, 1.807) is 19.1 Å². The molecular formula is C16H23NO3. The molecule has 0 aliphatic rings. The summed E-state index contributed by atoms with van der Waals surface area (Å²) in [4.78, 5) is 25.6. The smallest absolute Gasteiger partial charge is 0.338 e. The molecule has 0 aromatic heterocycles. The average Bonchev–Trinajstić information content (AvgIpc) is 2.48. The molecule has 0 spiro atoms. The van der Waals surface area contributed by atoms with Crippen molar-refractivity contribution >= 4 is 11.9 Å². The van der Waals surface area contributed by atoms with Crippen molar-refractivity contribution in [2.45, 2.75) is 33.6 Å². The largest absolute Gasteiger partial charge is 0.462 e. The summed E-state index contributed by atoms with van der Waals surface area (Å²) in [6.07, 6.45) is 0. The molecule has 0 aliphatic heterocycles. The molecule has 1 aromatic carbocycles. The highest BCUT2D eigenvalue weighted by molar-refractivity contribution is 5.90. The summed E-state index contributed by atoms with van der Waals surface area (Å²) in [6, 6.07) is 7.05. The molecule has 4 heteroatoms. The number of nitrogens with zero attached hydrogens (tertiary/aromatic N) is 1. The lowest BCUT2D eigenvalue weighted by atomic mass is 9.98. The van der Waals surface area contributed by atoms with Crippen molar-refractivity contribution in [3.63, 3.8) is 0 Å².